The van der Waals surface area contributed by atoms with Crippen molar-refractivity contribution < 1.29 is 9.53 Å². The van der Waals surface area contributed by atoms with Gasteiger partial charge in [0.1, 0.15) is 17.0 Å². The van der Waals surface area contributed by atoms with Crippen molar-refractivity contribution in [3.05, 3.63) is 22.3 Å². The summed E-state index contributed by atoms with van der Waals surface area (Å²) in [5.74, 6) is 0.646. The van der Waals surface area contributed by atoms with Crippen LogP contribution in [0.2, 0.25) is 0 Å². The lowest BCUT2D eigenvalue weighted by atomic mass is 10.2. The molecular formula is C9H7BrN2O2. The lowest BCUT2D eigenvalue weighted by molar-refractivity contribution is 0.112. The summed E-state index contributed by atoms with van der Waals surface area (Å²) in [6, 6.07) is 3.62. The second-order valence-corrected chi connectivity index (χ2v) is 3.58. The molecule has 2 rings (SSSR count). The molecule has 0 radical (unpaired) electrons. The number of carbonyl (C=O) groups is 1. The van der Waals surface area contributed by atoms with Crippen LogP contribution in [0, 0.1) is 0 Å². The number of aldehydes is 1. The Morgan fingerprint density at radius 3 is 3.00 bits per heavy atom. The largest absolute Gasteiger partial charge is 0.494 e. The van der Waals surface area contributed by atoms with Crippen molar-refractivity contribution in [2.75, 3.05) is 7.11 Å². The first-order chi connectivity index (χ1) is 6.77. The fourth-order valence-electron chi connectivity index (χ4n) is 1.34. The molecule has 0 spiro atoms. The van der Waals surface area contributed by atoms with Crippen molar-refractivity contribution in [3.8, 4) is 5.75 Å². The first-order valence-corrected chi connectivity index (χ1v) is 4.73. The van der Waals surface area contributed by atoms with Crippen LogP contribution in [0.5, 0.6) is 5.75 Å². The van der Waals surface area contributed by atoms with Gasteiger partial charge in [0.25, 0.3) is 0 Å². The number of nitrogens with zero attached hydrogens (tertiary/aromatic N) is 1. The molecule has 0 saturated carbocycles. The highest BCUT2D eigenvalue weighted by molar-refractivity contribution is 9.10. The molecule has 4 nitrogen and oxygen atoms in total. The number of methoxy groups -OCH3 is 1. The van der Waals surface area contributed by atoms with E-state index in [9.17, 15) is 4.79 Å². The highest BCUT2D eigenvalue weighted by Crippen LogP contribution is 2.31. The zero-order valence-electron chi connectivity index (χ0n) is 7.37. The molecule has 2 aromatic rings. The van der Waals surface area contributed by atoms with Gasteiger partial charge in [0.05, 0.1) is 7.11 Å². The highest BCUT2D eigenvalue weighted by atomic mass is 79.9. The highest BCUT2D eigenvalue weighted by Gasteiger charge is 2.12. The molecule has 0 unspecified atom stereocenters. The zero-order valence-corrected chi connectivity index (χ0v) is 8.96. The monoisotopic (exact) mass is 254 g/mol. The number of ether oxygens (including phenoxy) is 1. The number of nitrogens with one attached hydrogen (secondary N) is 1. The molecule has 0 saturated heterocycles. The first kappa shape index (κ1) is 9.21. The van der Waals surface area contributed by atoms with Gasteiger partial charge in [-0.15, -0.1) is 0 Å². The number of aromatic amines is 1. The van der Waals surface area contributed by atoms with E-state index in [1.807, 2.05) is 6.07 Å². The van der Waals surface area contributed by atoms with E-state index in [-0.39, 0.29) is 0 Å². The van der Waals surface area contributed by atoms with Crippen LogP contribution in [0.3, 0.4) is 0 Å². The first-order valence-electron chi connectivity index (χ1n) is 3.93. The predicted octanol–water partition coefficient (Wildman–Crippen LogP) is 2.15. The molecule has 0 aliphatic rings. The minimum Gasteiger partial charge on any atom is -0.494 e. The molecule has 72 valence electrons. The second-order valence-electron chi connectivity index (χ2n) is 2.73. The molecule has 1 aromatic carbocycles. The van der Waals surface area contributed by atoms with Crippen molar-refractivity contribution in [1.29, 1.82) is 0 Å². The van der Waals surface area contributed by atoms with Gasteiger partial charge in [0, 0.05) is 9.86 Å². The molecule has 0 atom stereocenters. The van der Waals surface area contributed by atoms with Crippen LogP contribution < -0.4 is 4.74 Å². The number of fused-ring (bicyclic) bond motifs is 1. The third-order valence-corrected chi connectivity index (χ3v) is 2.65. The van der Waals surface area contributed by atoms with Gasteiger partial charge >= 0.3 is 0 Å². The van der Waals surface area contributed by atoms with E-state index in [2.05, 4.69) is 26.1 Å². The van der Waals surface area contributed by atoms with Crippen molar-refractivity contribution in [2.45, 2.75) is 0 Å². The number of carbonyl (C=O) groups excluding carboxylic acids is 1. The molecule has 0 aliphatic heterocycles. The molecule has 0 aliphatic carbocycles. The third kappa shape index (κ3) is 1.21. The number of benzene rings is 1. The average Bonchev–Trinajstić information content (AvgIpc) is 2.63. The summed E-state index contributed by atoms with van der Waals surface area (Å²) in [4.78, 5) is 10.7. The Bertz CT molecular complexity index is 493. The Balaban J connectivity index is 2.86. The van der Waals surface area contributed by atoms with E-state index >= 15 is 0 Å². The lowest BCUT2D eigenvalue weighted by Gasteiger charge is -2.00. The summed E-state index contributed by atoms with van der Waals surface area (Å²) in [6.45, 7) is 0. The normalized spacial score (nSPS) is 10.4. The molecule has 14 heavy (non-hydrogen) atoms. The van der Waals surface area contributed by atoms with Crippen LogP contribution >= 0.6 is 15.9 Å². The maximum atomic E-state index is 10.7. The SMILES string of the molecule is COc1ccc(Br)c2c(C=O)[nH]nc12. The third-order valence-electron chi connectivity index (χ3n) is 1.99. The molecule has 5 heteroatoms. The summed E-state index contributed by atoms with van der Waals surface area (Å²) in [6.07, 6.45) is 0.736. The molecule has 1 aromatic heterocycles. The average molecular weight is 255 g/mol. The van der Waals surface area contributed by atoms with E-state index in [0.29, 0.717) is 17.0 Å². The van der Waals surface area contributed by atoms with Gasteiger partial charge in [-0.05, 0) is 12.1 Å². The van der Waals surface area contributed by atoms with E-state index in [0.717, 1.165) is 16.1 Å². The molecule has 0 amide bonds. The van der Waals surface area contributed by atoms with Crippen LogP contribution in [-0.4, -0.2) is 23.6 Å². The Morgan fingerprint density at radius 1 is 1.57 bits per heavy atom. The summed E-state index contributed by atoms with van der Waals surface area (Å²) < 4.78 is 5.94. The van der Waals surface area contributed by atoms with E-state index in [4.69, 9.17) is 4.74 Å². The van der Waals surface area contributed by atoms with Crippen LogP contribution in [0.4, 0.5) is 0 Å². The maximum Gasteiger partial charge on any atom is 0.168 e. The molecule has 0 fully saturated rings. The van der Waals surface area contributed by atoms with Crippen molar-refractivity contribution in [2.24, 2.45) is 0 Å². The Kier molecular flexibility index (Phi) is 2.25. The van der Waals surface area contributed by atoms with Crippen molar-refractivity contribution in [3.63, 3.8) is 0 Å². The van der Waals surface area contributed by atoms with Gasteiger partial charge in [0.2, 0.25) is 0 Å². The summed E-state index contributed by atoms with van der Waals surface area (Å²) in [5, 5.41) is 7.41. The molecule has 1 N–H and O–H groups in total. The van der Waals surface area contributed by atoms with Gasteiger partial charge < -0.3 is 4.74 Å². The predicted molar refractivity (Wildman–Crippen MR) is 55.7 cm³/mol. The van der Waals surface area contributed by atoms with Gasteiger partial charge in [0.15, 0.2) is 6.29 Å². The number of hydrogen-bond acceptors (Lipinski definition) is 3. The van der Waals surface area contributed by atoms with E-state index < -0.39 is 0 Å². The minimum absolute atomic E-state index is 0.450. The Labute approximate surface area is 88.4 Å². The van der Waals surface area contributed by atoms with Crippen molar-refractivity contribution in [1.82, 2.24) is 10.2 Å². The fourth-order valence-corrected chi connectivity index (χ4v) is 1.87. The summed E-state index contributed by atoms with van der Waals surface area (Å²) in [7, 11) is 1.57. The Hall–Kier alpha value is -1.36. The summed E-state index contributed by atoms with van der Waals surface area (Å²) >= 11 is 3.36. The second kappa shape index (κ2) is 3.42. The van der Waals surface area contributed by atoms with Crippen LogP contribution in [0.1, 0.15) is 10.5 Å². The van der Waals surface area contributed by atoms with Gasteiger partial charge in [-0.1, -0.05) is 15.9 Å². The molecular weight excluding hydrogens is 248 g/mol. The van der Waals surface area contributed by atoms with Gasteiger partial charge in [-0.2, -0.15) is 5.10 Å². The molecule has 0 bridgehead atoms. The molecule has 1 heterocycles. The lowest BCUT2D eigenvalue weighted by Crippen LogP contribution is -1.85. The fraction of sp³-hybridized carbons (Fsp3) is 0.111. The number of halogens is 1. The van der Waals surface area contributed by atoms with Gasteiger partial charge in [-0.25, -0.2) is 0 Å². The topological polar surface area (TPSA) is 55.0 Å². The maximum absolute atomic E-state index is 10.7. The number of aromatic nitrogens is 2. The zero-order chi connectivity index (χ0) is 10.1. The van der Waals surface area contributed by atoms with Crippen LogP contribution in [0.15, 0.2) is 16.6 Å². The minimum atomic E-state index is 0.450. The van der Waals surface area contributed by atoms with E-state index in [1.165, 1.54) is 0 Å². The summed E-state index contributed by atoms with van der Waals surface area (Å²) in [5.41, 5.74) is 1.11. The standard InChI is InChI=1S/C9H7BrN2O2/c1-14-7-3-2-5(10)8-6(4-13)11-12-9(7)8/h2-4H,1H3,(H,11,12). The Morgan fingerprint density at radius 2 is 2.36 bits per heavy atom. The smallest absolute Gasteiger partial charge is 0.168 e. The number of hydrogen-bond donors (Lipinski definition) is 1. The van der Waals surface area contributed by atoms with E-state index in [1.54, 1.807) is 13.2 Å². The van der Waals surface area contributed by atoms with Crippen LogP contribution in [-0.2, 0) is 0 Å². The number of H-pyrrole nitrogens is 1. The number of rotatable bonds is 2. The van der Waals surface area contributed by atoms with Crippen molar-refractivity contribution >= 4 is 33.1 Å². The van der Waals surface area contributed by atoms with Gasteiger partial charge in [-0.3, -0.25) is 9.89 Å². The quantitative estimate of drug-likeness (QED) is 0.836. The van der Waals surface area contributed by atoms with Crippen LogP contribution in [0.25, 0.3) is 10.9 Å².